The number of aryl methyl sites for hydroxylation is 2. The molecular weight excluding hydrogens is 292 g/mol. The summed E-state index contributed by atoms with van der Waals surface area (Å²) in [5.41, 5.74) is 7.56. The number of carbonyl (C=O) groups excluding carboxylic acids is 2. The molecule has 6 nitrogen and oxygen atoms in total. The molecule has 6 heteroatoms. The van der Waals surface area contributed by atoms with Gasteiger partial charge in [0.2, 0.25) is 11.8 Å². The minimum absolute atomic E-state index is 0.0860. The summed E-state index contributed by atoms with van der Waals surface area (Å²) in [6.45, 7) is 3.85. The van der Waals surface area contributed by atoms with E-state index in [4.69, 9.17) is 5.73 Å². The van der Waals surface area contributed by atoms with Gasteiger partial charge in [0, 0.05) is 30.8 Å². The number of amides is 2. The standard InChI is InChI=1S/C17H22N4O2/c1-12-2-3-14-11-19-21(15(14)10-12)9-6-16(22)20-7-4-13(5-8-20)17(18)23/h2-3,10-11,13H,4-9H2,1H3,(H2,18,23). The first kappa shape index (κ1) is 15.5. The van der Waals surface area contributed by atoms with E-state index in [0.717, 1.165) is 10.9 Å². The summed E-state index contributed by atoms with van der Waals surface area (Å²) in [7, 11) is 0. The molecule has 1 aromatic heterocycles. The highest BCUT2D eigenvalue weighted by Crippen LogP contribution is 2.19. The molecule has 0 unspecified atom stereocenters. The number of hydrogen-bond donors (Lipinski definition) is 1. The molecule has 0 atom stereocenters. The third-order valence-corrected chi connectivity index (χ3v) is 4.59. The molecule has 0 spiro atoms. The molecular formula is C17H22N4O2. The maximum absolute atomic E-state index is 12.3. The van der Waals surface area contributed by atoms with E-state index in [9.17, 15) is 9.59 Å². The SMILES string of the molecule is Cc1ccc2cnn(CCC(=O)N3CCC(C(N)=O)CC3)c2c1. The lowest BCUT2D eigenvalue weighted by molar-refractivity contribution is -0.135. The molecule has 0 saturated carbocycles. The Hall–Kier alpha value is -2.37. The van der Waals surface area contributed by atoms with Gasteiger partial charge in [-0.3, -0.25) is 14.3 Å². The van der Waals surface area contributed by atoms with Gasteiger partial charge in [0.1, 0.15) is 0 Å². The molecule has 1 aliphatic rings. The maximum Gasteiger partial charge on any atom is 0.224 e. The van der Waals surface area contributed by atoms with Crippen molar-refractivity contribution in [2.24, 2.45) is 11.7 Å². The van der Waals surface area contributed by atoms with Crippen LogP contribution >= 0.6 is 0 Å². The molecule has 2 aromatic rings. The number of hydrogen-bond acceptors (Lipinski definition) is 3. The summed E-state index contributed by atoms with van der Waals surface area (Å²) >= 11 is 0. The number of primary amides is 1. The quantitative estimate of drug-likeness (QED) is 0.927. The van der Waals surface area contributed by atoms with Crippen LogP contribution < -0.4 is 5.73 Å². The van der Waals surface area contributed by atoms with Gasteiger partial charge in [-0.1, -0.05) is 12.1 Å². The van der Waals surface area contributed by atoms with E-state index in [1.54, 1.807) is 0 Å². The van der Waals surface area contributed by atoms with Crippen LogP contribution in [0, 0.1) is 12.8 Å². The Bertz CT molecular complexity index is 729. The first-order valence-corrected chi connectivity index (χ1v) is 8.04. The molecule has 0 bridgehead atoms. The van der Waals surface area contributed by atoms with Crippen molar-refractivity contribution in [1.82, 2.24) is 14.7 Å². The second-order valence-electron chi connectivity index (χ2n) is 6.24. The third kappa shape index (κ3) is 3.36. The number of benzene rings is 1. The lowest BCUT2D eigenvalue weighted by atomic mass is 9.96. The highest BCUT2D eigenvalue weighted by atomic mass is 16.2. The molecule has 1 fully saturated rings. The summed E-state index contributed by atoms with van der Waals surface area (Å²) < 4.78 is 1.89. The van der Waals surface area contributed by atoms with E-state index in [1.807, 2.05) is 28.8 Å². The Morgan fingerprint density at radius 2 is 2.04 bits per heavy atom. The Morgan fingerprint density at radius 3 is 2.74 bits per heavy atom. The summed E-state index contributed by atoms with van der Waals surface area (Å²) in [5.74, 6) is -0.225. The first-order chi connectivity index (χ1) is 11.0. The van der Waals surface area contributed by atoms with Gasteiger partial charge in [-0.25, -0.2) is 0 Å². The summed E-state index contributed by atoms with van der Waals surface area (Å²) in [4.78, 5) is 25.3. The number of fused-ring (bicyclic) bond motifs is 1. The number of nitrogens with zero attached hydrogens (tertiary/aromatic N) is 3. The average molecular weight is 314 g/mol. The third-order valence-electron chi connectivity index (χ3n) is 4.59. The van der Waals surface area contributed by atoms with E-state index in [0.29, 0.717) is 38.9 Å². The minimum Gasteiger partial charge on any atom is -0.369 e. The van der Waals surface area contributed by atoms with Crippen molar-refractivity contribution in [1.29, 1.82) is 0 Å². The molecule has 3 rings (SSSR count). The molecule has 23 heavy (non-hydrogen) atoms. The lowest BCUT2D eigenvalue weighted by Crippen LogP contribution is -2.41. The van der Waals surface area contributed by atoms with Crippen LogP contribution in [0.15, 0.2) is 24.4 Å². The molecule has 1 saturated heterocycles. The highest BCUT2D eigenvalue weighted by molar-refractivity contribution is 5.80. The predicted molar refractivity (Wildman–Crippen MR) is 87.6 cm³/mol. The summed E-state index contributed by atoms with van der Waals surface area (Å²) in [5, 5.41) is 5.46. The zero-order valence-electron chi connectivity index (χ0n) is 13.4. The molecule has 122 valence electrons. The Morgan fingerprint density at radius 1 is 1.30 bits per heavy atom. The molecule has 1 aromatic carbocycles. The minimum atomic E-state index is -0.254. The molecule has 2 amide bonds. The molecule has 1 aliphatic heterocycles. The van der Waals surface area contributed by atoms with Gasteiger partial charge in [-0.2, -0.15) is 5.10 Å². The normalized spacial score (nSPS) is 16.0. The van der Waals surface area contributed by atoms with E-state index in [1.165, 1.54) is 5.56 Å². The van der Waals surface area contributed by atoms with E-state index in [-0.39, 0.29) is 17.7 Å². The predicted octanol–water partition coefficient (Wildman–Crippen LogP) is 1.46. The van der Waals surface area contributed by atoms with Crippen LogP contribution in [0.4, 0.5) is 0 Å². The van der Waals surface area contributed by atoms with E-state index in [2.05, 4.69) is 17.2 Å². The van der Waals surface area contributed by atoms with E-state index < -0.39 is 0 Å². The first-order valence-electron chi connectivity index (χ1n) is 8.04. The Labute approximate surface area is 135 Å². The number of nitrogens with two attached hydrogens (primary N) is 1. The van der Waals surface area contributed by atoms with Crippen molar-refractivity contribution >= 4 is 22.7 Å². The zero-order valence-corrected chi connectivity index (χ0v) is 13.4. The molecule has 0 radical (unpaired) electrons. The fourth-order valence-corrected chi connectivity index (χ4v) is 3.13. The van der Waals surface area contributed by atoms with Crippen LogP contribution in [0.5, 0.6) is 0 Å². The van der Waals surface area contributed by atoms with Crippen molar-refractivity contribution in [3.63, 3.8) is 0 Å². The smallest absolute Gasteiger partial charge is 0.224 e. The topological polar surface area (TPSA) is 81.2 Å². The van der Waals surface area contributed by atoms with Gasteiger partial charge in [0.25, 0.3) is 0 Å². The maximum atomic E-state index is 12.3. The number of rotatable bonds is 4. The van der Waals surface area contributed by atoms with Crippen molar-refractivity contribution in [2.75, 3.05) is 13.1 Å². The molecule has 2 heterocycles. The monoisotopic (exact) mass is 314 g/mol. The zero-order chi connectivity index (χ0) is 16.4. The lowest BCUT2D eigenvalue weighted by Gasteiger charge is -2.30. The van der Waals surface area contributed by atoms with Gasteiger partial charge in [-0.15, -0.1) is 0 Å². The number of carbonyl (C=O) groups is 2. The van der Waals surface area contributed by atoms with Crippen molar-refractivity contribution in [2.45, 2.75) is 32.7 Å². The average Bonchev–Trinajstić information content (AvgIpc) is 2.95. The highest BCUT2D eigenvalue weighted by Gasteiger charge is 2.25. The fraction of sp³-hybridized carbons (Fsp3) is 0.471. The number of likely N-dealkylation sites (tertiary alicyclic amines) is 1. The van der Waals surface area contributed by atoms with Crippen molar-refractivity contribution < 1.29 is 9.59 Å². The second-order valence-corrected chi connectivity index (χ2v) is 6.24. The van der Waals surface area contributed by atoms with Crippen molar-refractivity contribution in [3.05, 3.63) is 30.0 Å². The van der Waals surface area contributed by atoms with Gasteiger partial charge in [-0.05, 0) is 31.4 Å². The molecule has 2 N–H and O–H groups in total. The van der Waals surface area contributed by atoms with Crippen LogP contribution in [-0.4, -0.2) is 39.6 Å². The summed E-state index contributed by atoms with van der Waals surface area (Å²) in [6.07, 6.45) is 3.60. The Kier molecular flexibility index (Phi) is 4.32. The number of piperidine rings is 1. The largest absolute Gasteiger partial charge is 0.369 e. The van der Waals surface area contributed by atoms with Gasteiger partial charge < -0.3 is 10.6 Å². The molecule has 0 aliphatic carbocycles. The Balaban J connectivity index is 1.58. The van der Waals surface area contributed by atoms with Crippen LogP contribution in [-0.2, 0) is 16.1 Å². The fourth-order valence-electron chi connectivity index (χ4n) is 3.13. The van der Waals surface area contributed by atoms with Crippen LogP contribution in [0.3, 0.4) is 0 Å². The van der Waals surface area contributed by atoms with Crippen LogP contribution in [0.25, 0.3) is 10.9 Å². The van der Waals surface area contributed by atoms with Crippen LogP contribution in [0.2, 0.25) is 0 Å². The van der Waals surface area contributed by atoms with Crippen molar-refractivity contribution in [3.8, 4) is 0 Å². The van der Waals surface area contributed by atoms with Gasteiger partial charge in [0.05, 0.1) is 18.3 Å². The van der Waals surface area contributed by atoms with Crippen LogP contribution in [0.1, 0.15) is 24.8 Å². The van der Waals surface area contributed by atoms with E-state index >= 15 is 0 Å². The summed E-state index contributed by atoms with van der Waals surface area (Å²) in [6, 6.07) is 6.19. The van der Waals surface area contributed by atoms with Gasteiger partial charge in [0.15, 0.2) is 0 Å². The number of aromatic nitrogens is 2. The second kappa shape index (κ2) is 6.40. The van der Waals surface area contributed by atoms with Gasteiger partial charge >= 0.3 is 0 Å².